The smallest absolute Gasteiger partial charge is 0.133 e. The van der Waals surface area contributed by atoms with Gasteiger partial charge >= 0.3 is 0 Å². The molecule has 0 unspecified atom stereocenters. The number of aromatic nitrogens is 1. The van der Waals surface area contributed by atoms with E-state index in [9.17, 15) is 4.79 Å². The number of carbonyl (C=O) groups excluding carboxylic acids is 1. The number of aliphatic imine (C=N–C) groups is 1. The molecule has 230 valence electrons. The quantitative estimate of drug-likeness (QED) is 0.252. The second-order valence-electron chi connectivity index (χ2n) is 13.6. The van der Waals surface area contributed by atoms with Gasteiger partial charge in [0.05, 0.1) is 0 Å². The number of allylic oxidation sites excluding steroid dienone is 5. The highest BCUT2D eigenvalue weighted by Crippen LogP contribution is 2.37. The first-order chi connectivity index (χ1) is 21.6. The number of aromatic amines is 1. The van der Waals surface area contributed by atoms with Gasteiger partial charge in [-0.05, 0) is 123 Å². The number of nitrogens with zero attached hydrogens (tertiary/aromatic N) is 1. The Morgan fingerprint density at radius 2 is 1.82 bits per heavy atom. The van der Waals surface area contributed by atoms with Gasteiger partial charge in [-0.15, -0.1) is 0 Å². The molecule has 0 amide bonds. The van der Waals surface area contributed by atoms with Gasteiger partial charge in [-0.3, -0.25) is 9.79 Å². The van der Waals surface area contributed by atoms with Crippen molar-refractivity contribution in [3.63, 3.8) is 0 Å². The predicted molar refractivity (Wildman–Crippen MR) is 185 cm³/mol. The summed E-state index contributed by atoms with van der Waals surface area (Å²) in [5, 5.41) is 1.24. The number of hydrogen-bond acceptors (Lipinski definition) is 2. The SMILES string of the molecule is CC1=C2CCCC=C2C(CC2CCCC(c3cccc(CCCC(=O)CCc4cccc5[nH]ccc45)c3)CCC2)=N/C=C/C1. The molecule has 1 saturated carbocycles. The zero-order valence-corrected chi connectivity index (χ0v) is 26.8. The maximum atomic E-state index is 12.7. The average Bonchev–Trinajstić information content (AvgIpc) is 3.51. The molecule has 3 aliphatic rings. The summed E-state index contributed by atoms with van der Waals surface area (Å²) in [6.07, 6.45) is 26.5. The van der Waals surface area contributed by atoms with Gasteiger partial charge in [-0.1, -0.05) is 79.8 Å². The first-order valence-electron chi connectivity index (χ1n) is 17.4. The molecule has 2 aliphatic carbocycles. The zero-order valence-electron chi connectivity index (χ0n) is 26.8. The molecule has 1 aliphatic heterocycles. The molecule has 0 saturated heterocycles. The Hall–Kier alpha value is -3.46. The third-order valence-electron chi connectivity index (χ3n) is 10.4. The zero-order chi connectivity index (χ0) is 30.1. The summed E-state index contributed by atoms with van der Waals surface area (Å²) in [6.45, 7) is 2.32. The topological polar surface area (TPSA) is 45.2 Å². The van der Waals surface area contributed by atoms with Gasteiger partial charge in [0.25, 0.3) is 0 Å². The van der Waals surface area contributed by atoms with Crippen LogP contribution in [0.2, 0.25) is 0 Å². The van der Waals surface area contributed by atoms with Crippen LogP contribution in [0.15, 0.2) is 94.8 Å². The molecule has 0 spiro atoms. The standard InChI is InChI=1S/C41H50N2O/c1-30-10-9-26-42-41(39-21-3-2-20-37(30)39)29-32-12-4-15-33(16-5-13-32)35-18-6-11-31(28-35)14-7-19-36(44)24-23-34-17-8-22-40-38(34)25-27-43-40/h6,8-9,11,17-18,21-22,25-28,32-33,43H,2-5,7,10,12-16,19-20,23-24,29H2,1H3/b26-9+,37-30?,42-41?. The van der Waals surface area contributed by atoms with Crippen molar-refractivity contribution in [2.45, 2.75) is 116 Å². The highest BCUT2D eigenvalue weighted by atomic mass is 16.1. The summed E-state index contributed by atoms with van der Waals surface area (Å²) < 4.78 is 0. The van der Waals surface area contributed by atoms with Crippen LogP contribution in [-0.4, -0.2) is 16.5 Å². The minimum atomic E-state index is 0.381. The molecule has 1 N–H and O–H groups in total. The minimum Gasteiger partial charge on any atom is -0.361 e. The Labute approximate surface area is 264 Å². The minimum absolute atomic E-state index is 0.381. The van der Waals surface area contributed by atoms with Gasteiger partial charge in [0.1, 0.15) is 5.78 Å². The molecule has 2 aromatic carbocycles. The van der Waals surface area contributed by atoms with Crippen molar-refractivity contribution >= 4 is 22.4 Å². The monoisotopic (exact) mass is 586 g/mol. The summed E-state index contributed by atoms with van der Waals surface area (Å²) in [7, 11) is 0. The Morgan fingerprint density at radius 3 is 2.70 bits per heavy atom. The fraction of sp³-hybridized carbons (Fsp3) is 0.463. The molecule has 0 bridgehead atoms. The second-order valence-corrected chi connectivity index (χ2v) is 13.6. The third kappa shape index (κ3) is 7.78. The van der Waals surface area contributed by atoms with Gasteiger partial charge in [0, 0.05) is 41.9 Å². The average molecular weight is 587 g/mol. The van der Waals surface area contributed by atoms with Crippen molar-refractivity contribution in [3.8, 4) is 0 Å². The Bertz CT molecular complexity index is 1550. The Morgan fingerprint density at radius 1 is 0.955 bits per heavy atom. The summed E-state index contributed by atoms with van der Waals surface area (Å²) in [5.41, 5.74) is 11.3. The van der Waals surface area contributed by atoms with E-state index in [0.29, 0.717) is 24.5 Å². The lowest BCUT2D eigenvalue weighted by Gasteiger charge is -2.28. The highest BCUT2D eigenvalue weighted by Gasteiger charge is 2.24. The molecule has 6 rings (SSSR count). The van der Waals surface area contributed by atoms with Crippen molar-refractivity contribution in [3.05, 3.63) is 106 Å². The van der Waals surface area contributed by atoms with Crippen LogP contribution in [0.4, 0.5) is 0 Å². The summed E-state index contributed by atoms with van der Waals surface area (Å²) in [5.74, 6) is 1.78. The summed E-state index contributed by atoms with van der Waals surface area (Å²) >= 11 is 0. The molecule has 3 aromatic rings. The highest BCUT2D eigenvalue weighted by molar-refractivity contribution is 6.04. The number of hydrogen-bond donors (Lipinski definition) is 1. The fourth-order valence-electron chi connectivity index (χ4n) is 7.91. The molecule has 3 heteroatoms. The van der Waals surface area contributed by atoms with E-state index in [1.54, 1.807) is 5.57 Å². The molecule has 0 atom stereocenters. The van der Waals surface area contributed by atoms with Gasteiger partial charge < -0.3 is 4.98 Å². The van der Waals surface area contributed by atoms with Gasteiger partial charge in [-0.25, -0.2) is 0 Å². The molecular weight excluding hydrogens is 536 g/mol. The van der Waals surface area contributed by atoms with Gasteiger partial charge in [0.2, 0.25) is 0 Å². The van der Waals surface area contributed by atoms with Gasteiger partial charge in [-0.2, -0.15) is 0 Å². The van der Waals surface area contributed by atoms with Crippen LogP contribution < -0.4 is 0 Å². The number of aryl methyl sites for hydroxylation is 2. The van der Waals surface area contributed by atoms with E-state index < -0.39 is 0 Å². The Kier molecular flexibility index (Phi) is 10.4. The number of rotatable bonds is 10. The van der Waals surface area contributed by atoms with Crippen molar-refractivity contribution in [1.82, 2.24) is 4.98 Å². The molecule has 2 heterocycles. The van der Waals surface area contributed by atoms with E-state index >= 15 is 0 Å². The number of benzene rings is 2. The van der Waals surface area contributed by atoms with Crippen molar-refractivity contribution in [2.24, 2.45) is 10.9 Å². The number of ketones is 1. The lowest BCUT2D eigenvalue weighted by molar-refractivity contribution is -0.119. The van der Waals surface area contributed by atoms with E-state index in [1.807, 2.05) is 6.20 Å². The van der Waals surface area contributed by atoms with Crippen molar-refractivity contribution in [2.75, 3.05) is 0 Å². The Balaban J connectivity index is 0.970. The molecule has 0 radical (unpaired) electrons. The molecule has 44 heavy (non-hydrogen) atoms. The van der Waals surface area contributed by atoms with Crippen LogP contribution in [0.5, 0.6) is 0 Å². The van der Waals surface area contributed by atoms with Crippen LogP contribution in [0, 0.1) is 5.92 Å². The summed E-state index contributed by atoms with van der Waals surface area (Å²) in [4.78, 5) is 21.0. The maximum absolute atomic E-state index is 12.7. The number of nitrogens with one attached hydrogen (secondary N) is 1. The number of Topliss-reactive ketones (excluding diaryl/α,β-unsaturated/α-hetero) is 1. The first kappa shape index (κ1) is 30.6. The third-order valence-corrected chi connectivity index (χ3v) is 10.4. The number of fused-ring (bicyclic) bond motifs is 2. The lowest BCUT2D eigenvalue weighted by atomic mass is 9.78. The van der Waals surface area contributed by atoms with E-state index in [1.165, 1.54) is 96.7 Å². The van der Waals surface area contributed by atoms with E-state index in [2.05, 4.69) is 78.8 Å². The van der Waals surface area contributed by atoms with E-state index in [-0.39, 0.29) is 0 Å². The largest absolute Gasteiger partial charge is 0.361 e. The van der Waals surface area contributed by atoms with Crippen LogP contribution in [-0.2, 0) is 17.6 Å². The number of carbonyl (C=O) groups is 1. The molecule has 1 fully saturated rings. The fourth-order valence-corrected chi connectivity index (χ4v) is 7.91. The van der Waals surface area contributed by atoms with E-state index in [0.717, 1.165) is 43.5 Å². The molecular formula is C41H50N2O. The van der Waals surface area contributed by atoms with E-state index in [4.69, 9.17) is 4.99 Å². The second kappa shape index (κ2) is 15.0. The molecule has 1 aromatic heterocycles. The van der Waals surface area contributed by atoms with Crippen molar-refractivity contribution < 1.29 is 4.79 Å². The maximum Gasteiger partial charge on any atom is 0.133 e. The molecule has 3 nitrogen and oxygen atoms in total. The summed E-state index contributed by atoms with van der Waals surface area (Å²) in [6, 6.07) is 17.7. The van der Waals surface area contributed by atoms with Crippen LogP contribution in [0.3, 0.4) is 0 Å². The predicted octanol–water partition coefficient (Wildman–Crippen LogP) is 10.9. The first-order valence-corrected chi connectivity index (χ1v) is 17.4. The lowest BCUT2D eigenvalue weighted by Crippen LogP contribution is -2.17. The van der Waals surface area contributed by atoms with Crippen LogP contribution in [0.25, 0.3) is 10.9 Å². The van der Waals surface area contributed by atoms with Crippen molar-refractivity contribution in [1.29, 1.82) is 0 Å². The normalized spacial score (nSPS) is 21.8. The van der Waals surface area contributed by atoms with Gasteiger partial charge in [0.15, 0.2) is 0 Å². The van der Waals surface area contributed by atoms with Crippen LogP contribution in [0.1, 0.15) is 119 Å². The number of H-pyrrole nitrogens is 1. The van der Waals surface area contributed by atoms with Crippen LogP contribution >= 0.6 is 0 Å².